The third-order valence-corrected chi connectivity index (χ3v) is 2.67. The Kier molecular flexibility index (Phi) is 3.69. The highest BCUT2D eigenvalue weighted by atomic mass is 19.1. The van der Waals surface area contributed by atoms with Gasteiger partial charge in [0.25, 0.3) is 5.89 Å². The van der Waals surface area contributed by atoms with E-state index in [1.807, 2.05) is 6.92 Å². The van der Waals surface area contributed by atoms with Gasteiger partial charge in [-0.2, -0.15) is 4.98 Å². The van der Waals surface area contributed by atoms with Crippen LogP contribution in [0.2, 0.25) is 0 Å². The van der Waals surface area contributed by atoms with Gasteiger partial charge in [0.15, 0.2) is 0 Å². The van der Waals surface area contributed by atoms with Gasteiger partial charge in [-0.15, -0.1) is 0 Å². The van der Waals surface area contributed by atoms with Crippen molar-refractivity contribution in [2.24, 2.45) is 5.73 Å². The van der Waals surface area contributed by atoms with Crippen LogP contribution in [0.25, 0.3) is 11.5 Å². The second-order valence-electron chi connectivity index (χ2n) is 3.98. The van der Waals surface area contributed by atoms with Crippen LogP contribution < -0.4 is 5.73 Å². The number of benzene rings is 1. The van der Waals surface area contributed by atoms with Crippen molar-refractivity contribution in [3.8, 4) is 11.5 Å². The van der Waals surface area contributed by atoms with E-state index in [2.05, 4.69) is 10.1 Å². The van der Waals surface area contributed by atoms with Gasteiger partial charge in [0, 0.05) is 11.6 Å². The minimum atomic E-state index is -0.965. The lowest BCUT2D eigenvalue weighted by Crippen LogP contribution is -2.28. The first kappa shape index (κ1) is 12.7. The normalized spacial score (nSPS) is 14.4. The number of aromatic nitrogens is 2. The molecule has 18 heavy (non-hydrogen) atoms. The van der Waals surface area contributed by atoms with Crippen molar-refractivity contribution in [2.75, 3.05) is 0 Å². The fraction of sp³-hybridized carbons (Fsp3) is 0.333. The van der Waals surface area contributed by atoms with E-state index < -0.39 is 12.1 Å². The Labute approximate surface area is 103 Å². The lowest BCUT2D eigenvalue weighted by atomic mass is 10.1. The predicted molar refractivity (Wildman–Crippen MR) is 62.9 cm³/mol. The van der Waals surface area contributed by atoms with Crippen LogP contribution in [-0.4, -0.2) is 21.3 Å². The van der Waals surface area contributed by atoms with E-state index in [0.717, 1.165) is 0 Å². The highest BCUT2D eigenvalue weighted by Crippen LogP contribution is 2.21. The molecule has 5 nitrogen and oxygen atoms in total. The van der Waals surface area contributed by atoms with E-state index in [9.17, 15) is 9.50 Å². The molecule has 2 rings (SSSR count). The molecule has 6 heteroatoms. The quantitative estimate of drug-likeness (QED) is 0.862. The van der Waals surface area contributed by atoms with Crippen LogP contribution in [0, 0.1) is 5.82 Å². The van der Waals surface area contributed by atoms with Gasteiger partial charge in [0.2, 0.25) is 5.82 Å². The van der Waals surface area contributed by atoms with Crippen molar-refractivity contribution in [3.05, 3.63) is 35.9 Å². The van der Waals surface area contributed by atoms with Gasteiger partial charge in [-0.1, -0.05) is 12.1 Å². The number of halogens is 1. The molecule has 0 radical (unpaired) electrons. The van der Waals surface area contributed by atoms with Gasteiger partial charge in [0.05, 0.1) is 0 Å². The van der Waals surface area contributed by atoms with Crippen molar-refractivity contribution in [3.63, 3.8) is 0 Å². The summed E-state index contributed by atoms with van der Waals surface area (Å²) in [4.78, 5) is 4.05. The van der Waals surface area contributed by atoms with Crippen molar-refractivity contribution in [2.45, 2.75) is 25.5 Å². The van der Waals surface area contributed by atoms with E-state index in [1.165, 1.54) is 24.3 Å². The molecule has 0 bridgehead atoms. The van der Waals surface area contributed by atoms with Crippen LogP contribution in [0.15, 0.2) is 28.8 Å². The molecule has 3 N–H and O–H groups in total. The molecule has 0 aliphatic carbocycles. The Morgan fingerprint density at radius 2 is 2.06 bits per heavy atom. The molecule has 0 aliphatic rings. The zero-order valence-electron chi connectivity index (χ0n) is 9.88. The summed E-state index contributed by atoms with van der Waals surface area (Å²) >= 11 is 0. The lowest BCUT2D eigenvalue weighted by Gasteiger charge is -2.12. The van der Waals surface area contributed by atoms with Crippen molar-refractivity contribution < 1.29 is 14.0 Å². The smallest absolute Gasteiger partial charge is 0.258 e. The number of nitrogens with zero attached hydrogens (tertiary/aromatic N) is 2. The van der Waals surface area contributed by atoms with Gasteiger partial charge in [-0.05, 0) is 30.7 Å². The highest BCUT2D eigenvalue weighted by molar-refractivity contribution is 5.52. The maximum absolute atomic E-state index is 12.8. The zero-order chi connectivity index (χ0) is 13.1. The third kappa shape index (κ3) is 2.55. The predicted octanol–water partition coefficient (Wildman–Crippen LogP) is 1.65. The summed E-state index contributed by atoms with van der Waals surface area (Å²) in [6.45, 7) is 1.86. The molecular weight excluding hydrogens is 237 g/mol. The molecule has 0 spiro atoms. The number of nitrogens with two attached hydrogens (primary N) is 1. The Morgan fingerprint density at radius 3 is 2.67 bits per heavy atom. The molecule has 1 aromatic carbocycles. The second kappa shape index (κ2) is 5.24. The molecule has 0 saturated heterocycles. The topological polar surface area (TPSA) is 85.2 Å². The first-order valence-corrected chi connectivity index (χ1v) is 5.65. The number of hydrogen-bond donors (Lipinski definition) is 2. The van der Waals surface area contributed by atoms with E-state index >= 15 is 0 Å². The summed E-state index contributed by atoms with van der Waals surface area (Å²) in [6.07, 6.45) is -0.366. The van der Waals surface area contributed by atoms with E-state index in [1.54, 1.807) is 0 Å². The first-order valence-electron chi connectivity index (χ1n) is 5.65. The van der Waals surface area contributed by atoms with E-state index in [-0.39, 0.29) is 17.5 Å². The molecule has 1 heterocycles. The zero-order valence-corrected chi connectivity index (χ0v) is 9.88. The Bertz CT molecular complexity index is 512. The highest BCUT2D eigenvalue weighted by Gasteiger charge is 2.21. The number of aliphatic hydroxyl groups is 1. The Morgan fingerprint density at radius 1 is 1.39 bits per heavy atom. The summed E-state index contributed by atoms with van der Waals surface area (Å²) in [5, 5.41) is 13.5. The average Bonchev–Trinajstić information content (AvgIpc) is 2.87. The minimum Gasteiger partial charge on any atom is -0.383 e. The number of rotatable bonds is 4. The molecule has 2 atom stereocenters. The largest absolute Gasteiger partial charge is 0.383 e. The SMILES string of the molecule is CCC(N)[C@H](O)c1noc(-c2ccc(F)cc2)n1. The monoisotopic (exact) mass is 251 g/mol. The molecule has 1 aromatic heterocycles. The molecule has 2 aromatic rings. The molecule has 0 fully saturated rings. The first-order chi connectivity index (χ1) is 8.61. The fourth-order valence-corrected chi connectivity index (χ4v) is 1.48. The van der Waals surface area contributed by atoms with Crippen molar-refractivity contribution in [1.29, 1.82) is 0 Å². The van der Waals surface area contributed by atoms with Crippen LogP contribution in [0.1, 0.15) is 25.3 Å². The maximum atomic E-state index is 12.8. The van der Waals surface area contributed by atoms with Gasteiger partial charge < -0.3 is 15.4 Å². The minimum absolute atomic E-state index is 0.142. The lowest BCUT2D eigenvalue weighted by molar-refractivity contribution is 0.132. The molecule has 0 aliphatic heterocycles. The molecule has 1 unspecified atom stereocenters. The molecular formula is C12H14FN3O2. The molecule has 0 saturated carbocycles. The Hall–Kier alpha value is -1.79. The van der Waals surface area contributed by atoms with Crippen LogP contribution in [0.5, 0.6) is 0 Å². The van der Waals surface area contributed by atoms with E-state index in [4.69, 9.17) is 10.3 Å². The fourth-order valence-electron chi connectivity index (χ4n) is 1.48. The second-order valence-corrected chi connectivity index (χ2v) is 3.98. The van der Waals surface area contributed by atoms with Crippen LogP contribution in [-0.2, 0) is 0 Å². The maximum Gasteiger partial charge on any atom is 0.258 e. The van der Waals surface area contributed by atoms with Gasteiger partial charge in [-0.25, -0.2) is 4.39 Å². The van der Waals surface area contributed by atoms with Crippen LogP contribution in [0.3, 0.4) is 0 Å². The average molecular weight is 251 g/mol. The van der Waals surface area contributed by atoms with Crippen molar-refractivity contribution in [1.82, 2.24) is 10.1 Å². The van der Waals surface area contributed by atoms with Gasteiger partial charge in [0.1, 0.15) is 11.9 Å². The molecule has 96 valence electrons. The summed E-state index contributed by atoms with van der Waals surface area (Å²) in [7, 11) is 0. The summed E-state index contributed by atoms with van der Waals surface area (Å²) < 4.78 is 17.8. The molecule has 0 amide bonds. The summed E-state index contributed by atoms with van der Waals surface area (Å²) in [6, 6.07) is 5.21. The summed E-state index contributed by atoms with van der Waals surface area (Å²) in [5.74, 6) is 0.0301. The number of hydrogen-bond acceptors (Lipinski definition) is 5. The van der Waals surface area contributed by atoms with Gasteiger partial charge >= 0.3 is 0 Å². The number of aliphatic hydroxyl groups excluding tert-OH is 1. The standard InChI is InChI=1S/C12H14FN3O2/c1-2-9(14)10(17)11-15-12(18-16-11)7-3-5-8(13)6-4-7/h3-6,9-10,17H,2,14H2,1H3/t9?,10-/m0/s1. The van der Waals surface area contributed by atoms with Crippen LogP contribution in [0.4, 0.5) is 4.39 Å². The summed E-state index contributed by atoms with van der Waals surface area (Å²) in [5.41, 5.74) is 6.29. The van der Waals surface area contributed by atoms with Crippen molar-refractivity contribution >= 4 is 0 Å². The van der Waals surface area contributed by atoms with Crippen LogP contribution >= 0.6 is 0 Å². The third-order valence-electron chi connectivity index (χ3n) is 2.67. The van der Waals surface area contributed by atoms with Gasteiger partial charge in [-0.3, -0.25) is 0 Å². The Balaban J connectivity index is 2.22. The van der Waals surface area contributed by atoms with E-state index in [0.29, 0.717) is 12.0 Å².